The Labute approximate surface area is 115 Å². The van der Waals surface area contributed by atoms with Gasteiger partial charge in [-0.15, -0.1) is 0 Å². The van der Waals surface area contributed by atoms with Gasteiger partial charge in [-0.1, -0.05) is 30.9 Å². The highest BCUT2D eigenvalue weighted by Crippen LogP contribution is 2.22. The van der Waals surface area contributed by atoms with Crippen molar-refractivity contribution in [2.75, 3.05) is 11.9 Å². The number of carboxylic acid groups (broad SMARTS) is 1. The Kier molecular flexibility index (Phi) is 4.00. The molecule has 102 valence electrons. The van der Waals surface area contributed by atoms with E-state index in [2.05, 4.69) is 11.9 Å². The largest absolute Gasteiger partial charge is 0.478 e. The van der Waals surface area contributed by atoms with Crippen LogP contribution in [-0.4, -0.2) is 23.8 Å². The van der Waals surface area contributed by atoms with Gasteiger partial charge in [-0.2, -0.15) is 0 Å². The quantitative estimate of drug-likeness (QED) is 0.837. The van der Waals surface area contributed by atoms with E-state index >= 15 is 0 Å². The van der Waals surface area contributed by atoms with Crippen molar-refractivity contribution in [1.29, 1.82) is 0 Å². The normalized spacial score (nSPS) is 10.0. The summed E-state index contributed by atoms with van der Waals surface area (Å²) in [4.78, 5) is 22.5. The molecule has 0 bridgehead atoms. The fourth-order valence-corrected chi connectivity index (χ4v) is 1.84. The minimum absolute atomic E-state index is 0.128. The number of rotatable bonds is 4. The van der Waals surface area contributed by atoms with Gasteiger partial charge < -0.3 is 9.84 Å². The van der Waals surface area contributed by atoms with Crippen molar-refractivity contribution < 1.29 is 19.4 Å². The lowest BCUT2D eigenvalue weighted by Gasteiger charge is -2.07. The zero-order valence-corrected chi connectivity index (χ0v) is 10.6. The zero-order valence-electron chi connectivity index (χ0n) is 10.6. The van der Waals surface area contributed by atoms with Gasteiger partial charge in [0.15, 0.2) is 0 Å². The summed E-state index contributed by atoms with van der Waals surface area (Å²) in [6.07, 6.45) is 0.887. The Morgan fingerprint density at radius 2 is 2.10 bits per heavy atom. The van der Waals surface area contributed by atoms with E-state index in [4.69, 9.17) is 9.84 Å². The first-order valence-corrected chi connectivity index (χ1v) is 5.92. The van der Waals surface area contributed by atoms with Crippen LogP contribution in [0.3, 0.4) is 0 Å². The smallest absolute Gasteiger partial charge is 0.411 e. The summed E-state index contributed by atoms with van der Waals surface area (Å²) in [7, 11) is 0. The number of fused-ring (bicyclic) bond motifs is 1. The summed E-state index contributed by atoms with van der Waals surface area (Å²) in [6.45, 7) is 3.57. The Balaban J connectivity index is 2.28. The third-order valence-corrected chi connectivity index (χ3v) is 2.69. The average molecular weight is 271 g/mol. The number of aromatic carboxylic acids is 1. The number of benzene rings is 2. The Bertz CT molecular complexity index is 679. The minimum atomic E-state index is -0.985. The molecule has 20 heavy (non-hydrogen) atoms. The van der Waals surface area contributed by atoms with Crippen LogP contribution < -0.4 is 5.32 Å². The number of ether oxygens (including phenoxy) is 1. The number of nitrogens with one attached hydrogen (secondary N) is 1. The monoisotopic (exact) mass is 271 g/mol. The third kappa shape index (κ3) is 2.95. The highest BCUT2D eigenvalue weighted by molar-refractivity contribution is 6.04. The molecule has 0 saturated heterocycles. The van der Waals surface area contributed by atoms with Gasteiger partial charge in [-0.25, -0.2) is 9.59 Å². The Hall–Kier alpha value is -2.82. The van der Waals surface area contributed by atoms with Crippen LogP contribution >= 0.6 is 0 Å². The molecule has 2 rings (SSSR count). The van der Waals surface area contributed by atoms with Crippen LogP contribution in [0.25, 0.3) is 10.8 Å². The maximum absolute atomic E-state index is 11.4. The summed E-state index contributed by atoms with van der Waals surface area (Å²) in [5, 5.41) is 13.0. The first-order chi connectivity index (χ1) is 9.61. The number of carboxylic acids is 1. The number of carbonyl (C=O) groups is 2. The predicted octanol–water partition coefficient (Wildman–Crippen LogP) is 3.27. The fourth-order valence-electron chi connectivity index (χ4n) is 1.84. The molecule has 0 unspecified atom stereocenters. The Morgan fingerprint density at radius 3 is 2.80 bits per heavy atom. The molecular weight excluding hydrogens is 258 g/mol. The molecule has 5 nitrogen and oxygen atoms in total. The lowest BCUT2D eigenvalue weighted by molar-refractivity contribution is 0.0699. The van der Waals surface area contributed by atoms with Gasteiger partial charge in [0, 0.05) is 5.69 Å². The zero-order chi connectivity index (χ0) is 14.5. The van der Waals surface area contributed by atoms with Gasteiger partial charge in [-0.05, 0) is 29.0 Å². The first kappa shape index (κ1) is 13.6. The summed E-state index contributed by atoms with van der Waals surface area (Å²) in [6, 6.07) is 9.95. The third-order valence-electron chi connectivity index (χ3n) is 2.69. The minimum Gasteiger partial charge on any atom is -0.478 e. The Morgan fingerprint density at radius 1 is 1.30 bits per heavy atom. The summed E-state index contributed by atoms with van der Waals surface area (Å²) in [5.41, 5.74) is 0.761. The van der Waals surface area contributed by atoms with E-state index in [1.165, 1.54) is 12.1 Å². The number of anilines is 1. The number of amides is 1. The molecule has 0 radical (unpaired) electrons. The van der Waals surface area contributed by atoms with Crippen LogP contribution in [0.2, 0.25) is 0 Å². The lowest BCUT2D eigenvalue weighted by atomic mass is 10.0. The molecule has 0 aromatic heterocycles. The lowest BCUT2D eigenvalue weighted by Crippen LogP contribution is -2.13. The SMILES string of the molecule is C=CCOC(=O)Nc1ccc2c(C(=O)O)cccc2c1. The molecular formula is C15H13NO4. The van der Waals surface area contributed by atoms with Gasteiger partial charge in [0.25, 0.3) is 0 Å². The van der Waals surface area contributed by atoms with Crippen LogP contribution in [0.5, 0.6) is 0 Å². The molecule has 0 aliphatic heterocycles. The van der Waals surface area contributed by atoms with E-state index in [0.29, 0.717) is 11.1 Å². The molecule has 0 saturated carbocycles. The van der Waals surface area contributed by atoms with Gasteiger partial charge in [0.1, 0.15) is 6.61 Å². The van der Waals surface area contributed by atoms with Crippen molar-refractivity contribution in [1.82, 2.24) is 0 Å². The van der Waals surface area contributed by atoms with E-state index in [1.807, 2.05) is 0 Å². The van der Waals surface area contributed by atoms with Crippen molar-refractivity contribution in [2.24, 2.45) is 0 Å². The number of carbonyl (C=O) groups excluding carboxylic acids is 1. The maximum Gasteiger partial charge on any atom is 0.411 e. The number of hydrogen-bond acceptors (Lipinski definition) is 3. The van der Waals surface area contributed by atoms with Crippen molar-refractivity contribution >= 4 is 28.5 Å². The molecule has 1 amide bonds. The molecule has 0 heterocycles. The van der Waals surface area contributed by atoms with Crippen LogP contribution in [0, 0.1) is 0 Å². The second kappa shape index (κ2) is 5.88. The number of hydrogen-bond donors (Lipinski definition) is 2. The van der Waals surface area contributed by atoms with E-state index in [9.17, 15) is 9.59 Å². The fraction of sp³-hybridized carbons (Fsp3) is 0.0667. The van der Waals surface area contributed by atoms with Gasteiger partial charge in [0.2, 0.25) is 0 Å². The topological polar surface area (TPSA) is 75.6 Å². The summed E-state index contributed by atoms with van der Waals surface area (Å²) < 4.78 is 4.81. The van der Waals surface area contributed by atoms with Gasteiger partial charge in [0.05, 0.1) is 5.56 Å². The van der Waals surface area contributed by atoms with Gasteiger partial charge >= 0.3 is 12.1 Å². The van der Waals surface area contributed by atoms with Crippen LogP contribution in [-0.2, 0) is 4.74 Å². The van der Waals surface area contributed by atoms with Crippen molar-refractivity contribution in [3.8, 4) is 0 Å². The van der Waals surface area contributed by atoms with E-state index < -0.39 is 12.1 Å². The summed E-state index contributed by atoms with van der Waals surface area (Å²) >= 11 is 0. The van der Waals surface area contributed by atoms with E-state index in [0.717, 1.165) is 5.39 Å². The second-order valence-electron chi connectivity index (χ2n) is 4.06. The second-order valence-corrected chi connectivity index (χ2v) is 4.06. The molecule has 2 aromatic rings. The van der Waals surface area contributed by atoms with Crippen molar-refractivity contribution in [2.45, 2.75) is 0 Å². The van der Waals surface area contributed by atoms with Crippen LogP contribution in [0.15, 0.2) is 49.1 Å². The molecule has 0 aliphatic rings. The first-order valence-electron chi connectivity index (χ1n) is 5.92. The summed E-state index contributed by atoms with van der Waals surface area (Å²) in [5.74, 6) is -0.985. The highest BCUT2D eigenvalue weighted by atomic mass is 16.5. The van der Waals surface area contributed by atoms with Crippen LogP contribution in [0.1, 0.15) is 10.4 Å². The molecule has 0 aliphatic carbocycles. The van der Waals surface area contributed by atoms with Gasteiger partial charge in [-0.3, -0.25) is 5.32 Å². The molecule has 5 heteroatoms. The highest BCUT2D eigenvalue weighted by Gasteiger charge is 2.09. The maximum atomic E-state index is 11.4. The molecule has 0 fully saturated rings. The van der Waals surface area contributed by atoms with E-state index in [-0.39, 0.29) is 12.2 Å². The molecule has 2 aromatic carbocycles. The average Bonchev–Trinajstić information content (AvgIpc) is 2.44. The van der Waals surface area contributed by atoms with Crippen molar-refractivity contribution in [3.05, 3.63) is 54.6 Å². The van der Waals surface area contributed by atoms with E-state index in [1.54, 1.807) is 30.3 Å². The van der Waals surface area contributed by atoms with Crippen molar-refractivity contribution in [3.63, 3.8) is 0 Å². The molecule has 2 N–H and O–H groups in total. The predicted molar refractivity (Wildman–Crippen MR) is 76.1 cm³/mol. The molecule has 0 atom stereocenters. The standard InChI is InChI=1S/C15H13NO4/c1-2-8-20-15(19)16-11-6-7-12-10(9-11)4-3-5-13(12)14(17)18/h2-7,9H,1,8H2,(H,16,19)(H,17,18). The molecule has 0 spiro atoms. The van der Waals surface area contributed by atoms with Crippen LogP contribution in [0.4, 0.5) is 10.5 Å².